The number of carbonyl (C=O) groups is 2. The van der Waals surface area contributed by atoms with Crippen LogP contribution in [0.5, 0.6) is 0 Å². The molecule has 0 spiro atoms. The largest absolute Gasteiger partial charge is 0.461 e. The van der Waals surface area contributed by atoms with E-state index in [-0.39, 0.29) is 12.8 Å². The molecule has 0 unspecified atom stereocenters. The van der Waals surface area contributed by atoms with Crippen LogP contribution in [-0.2, 0) is 9.53 Å². The molecule has 0 rings (SSSR count). The lowest BCUT2D eigenvalue weighted by Gasteiger charge is -2.26. The second kappa shape index (κ2) is 7.23. The van der Waals surface area contributed by atoms with Gasteiger partial charge in [0.1, 0.15) is 5.60 Å². The van der Waals surface area contributed by atoms with Gasteiger partial charge in [0, 0.05) is 0 Å². The van der Waals surface area contributed by atoms with E-state index in [0.29, 0.717) is 6.42 Å². The van der Waals surface area contributed by atoms with Crippen LogP contribution < -0.4 is 5.32 Å². The number of alkyl halides is 5. The molecule has 1 amide bonds. The van der Waals surface area contributed by atoms with Crippen molar-refractivity contribution in [3.63, 3.8) is 0 Å². The third-order valence-electron chi connectivity index (χ3n) is 2.52. The van der Waals surface area contributed by atoms with Crippen LogP contribution in [0, 0.1) is 0 Å². The van der Waals surface area contributed by atoms with Gasteiger partial charge in [-0.15, -0.1) is 0 Å². The van der Waals surface area contributed by atoms with Crippen molar-refractivity contribution >= 4 is 11.9 Å². The molecule has 0 heterocycles. The Morgan fingerprint density at radius 2 is 1.59 bits per heavy atom. The van der Waals surface area contributed by atoms with Crippen LogP contribution in [0.1, 0.15) is 47.0 Å². The smallest absolute Gasteiger partial charge is 0.444 e. The van der Waals surface area contributed by atoms with Gasteiger partial charge in [0.25, 0.3) is 0 Å². The Morgan fingerprint density at radius 1 is 1.09 bits per heavy atom. The SMILES string of the molecule is CCCC[C@H](NC(=O)OC(C)(C)C)C(=O)C(F)(F)C(F)(F)F. The van der Waals surface area contributed by atoms with Gasteiger partial charge in [0.05, 0.1) is 6.04 Å². The van der Waals surface area contributed by atoms with Crippen LogP contribution in [0.3, 0.4) is 0 Å². The number of Topliss-reactive ketones (excluding diaryl/α,β-unsaturated/α-hetero) is 1. The molecule has 0 fully saturated rings. The van der Waals surface area contributed by atoms with Crippen LogP contribution in [0.4, 0.5) is 26.7 Å². The lowest BCUT2D eigenvalue weighted by molar-refractivity contribution is -0.269. The second-order valence-corrected chi connectivity index (χ2v) is 5.78. The minimum atomic E-state index is -6.01. The molecule has 0 radical (unpaired) electrons. The van der Waals surface area contributed by atoms with Crippen molar-refractivity contribution in [3.05, 3.63) is 0 Å². The molecule has 0 aromatic rings. The fourth-order valence-corrected chi connectivity index (χ4v) is 1.49. The molecule has 0 saturated heterocycles. The Labute approximate surface area is 125 Å². The molecule has 0 saturated carbocycles. The molecule has 0 aromatic heterocycles. The number of hydrogen-bond acceptors (Lipinski definition) is 3. The lowest BCUT2D eigenvalue weighted by Crippen LogP contribution is -2.54. The summed E-state index contributed by atoms with van der Waals surface area (Å²) < 4.78 is 67.8. The fourth-order valence-electron chi connectivity index (χ4n) is 1.49. The van der Waals surface area contributed by atoms with Crippen LogP contribution in [0.25, 0.3) is 0 Å². The predicted octanol–water partition coefficient (Wildman–Crippen LogP) is 3.84. The van der Waals surface area contributed by atoms with E-state index in [1.165, 1.54) is 20.8 Å². The van der Waals surface area contributed by atoms with Gasteiger partial charge in [-0.2, -0.15) is 22.0 Å². The fraction of sp³-hybridized carbons (Fsp3) is 0.846. The van der Waals surface area contributed by atoms with Gasteiger partial charge in [-0.05, 0) is 27.2 Å². The standard InChI is InChI=1S/C13H20F5NO3/c1-5-6-7-8(19-10(21)22-11(2,3)4)9(20)12(14,15)13(16,17)18/h8H,5-7H2,1-4H3,(H,19,21)/t8-/m0/s1. The van der Waals surface area contributed by atoms with E-state index >= 15 is 0 Å². The Hall–Kier alpha value is -1.41. The summed E-state index contributed by atoms with van der Waals surface area (Å²) in [4.78, 5) is 23.0. The highest BCUT2D eigenvalue weighted by molar-refractivity contribution is 5.93. The number of ether oxygens (including phenoxy) is 1. The summed E-state index contributed by atoms with van der Waals surface area (Å²) in [6, 6.07) is -1.97. The van der Waals surface area contributed by atoms with Gasteiger partial charge in [-0.3, -0.25) is 4.79 Å². The van der Waals surface area contributed by atoms with Crippen LogP contribution in [0.15, 0.2) is 0 Å². The number of rotatable bonds is 6. The first-order valence-corrected chi connectivity index (χ1v) is 6.70. The summed E-state index contributed by atoms with van der Waals surface area (Å²) in [6.07, 6.45) is -6.91. The second-order valence-electron chi connectivity index (χ2n) is 5.78. The maximum absolute atomic E-state index is 13.1. The number of amides is 1. The number of ketones is 1. The van der Waals surface area contributed by atoms with Crippen molar-refractivity contribution in [2.75, 3.05) is 0 Å². The van der Waals surface area contributed by atoms with E-state index in [4.69, 9.17) is 4.74 Å². The van der Waals surface area contributed by atoms with E-state index in [2.05, 4.69) is 0 Å². The zero-order chi connectivity index (χ0) is 17.8. The normalized spacial score (nSPS) is 14.4. The highest BCUT2D eigenvalue weighted by Gasteiger charge is 2.64. The van der Waals surface area contributed by atoms with E-state index in [1.807, 2.05) is 0 Å². The van der Waals surface area contributed by atoms with E-state index in [1.54, 1.807) is 12.2 Å². The first kappa shape index (κ1) is 20.6. The molecular weight excluding hydrogens is 313 g/mol. The van der Waals surface area contributed by atoms with E-state index in [0.717, 1.165) is 0 Å². The molecular formula is C13H20F5NO3. The molecule has 0 bridgehead atoms. The predicted molar refractivity (Wildman–Crippen MR) is 68.7 cm³/mol. The number of nitrogens with one attached hydrogen (secondary N) is 1. The maximum Gasteiger partial charge on any atom is 0.461 e. The van der Waals surface area contributed by atoms with Gasteiger partial charge in [0.2, 0.25) is 5.78 Å². The van der Waals surface area contributed by atoms with Gasteiger partial charge >= 0.3 is 18.2 Å². The number of alkyl carbamates (subject to hydrolysis) is 1. The summed E-state index contributed by atoms with van der Waals surface area (Å²) >= 11 is 0. The molecule has 130 valence electrons. The van der Waals surface area contributed by atoms with Gasteiger partial charge in [0.15, 0.2) is 0 Å². The topological polar surface area (TPSA) is 55.4 Å². The Morgan fingerprint density at radius 3 is 1.95 bits per heavy atom. The summed E-state index contributed by atoms with van der Waals surface area (Å²) in [7, 11) is 0. The van der Waals surface area contributed by atoms with Crippen molar-refractivity contribution in [1.29, 1.82) is 0 Å². The summed E-state index contributed by atoms with van der Waals surface area (Å²) in [5.41, 5.74) is -0.977. The summed E-state index contributed by atoms with van der Waals surface area (Å²) in [5.74, 6) is -7.92. The number of halogens is 5. The van der Waals surface area contributed by atoms with Crippen molar-refractivity contribution in [1.82, 2.24) is 5.32 Å². The molecule has 9 heteroatoms. The maximum atomic E-state index is 13.1. The van der Waals surface area contributed by atoms with E-state index < -0.39 is 35.6 Å². The minimum absolute atomic E-state index is 0.195. The molecule has 22 heavy (non-hydrogen) atoms. The molecule has 0 aliphatic rings. The first-order chi connectivity index (χ1) is 9.72. The number of carbonyl (C=O) groups excluding carboxylic acids is 2. The highest BCUT2D eigenvalue weighted by atomic mass is 19.4. The molecule has 4 nitrogen and oxygen atoms in total. The van der Waals surface area contributed by atoms with Crippen LogP contribution in [0.2, 0.25) is 0 Å². The molecule has 0 aromatic carbocycles. The van der Waals surface area contributed by atoms with Gasteiger partial charge < -0.3 is 10.1 Å². The highest BCUT2D eigenvalue weighted by Crippen LogP contribution is 2.37. The third-order valence-corrected chi connectivity index (χ3v) is 2.52. The van der Waals surface area contributed by atoms with Crippen molar-refractivity contribution in [2.24, 2.45) is 0 Å². The van der Waals surface area contributed by atoms with Gasteiger partial charge in [-0.25, -0.2) is 4.79 Å². The number of hydrogen-bond donors (Lipinski definition) is 1. The molecule has 0 aliphatic heterocycles. The third kappa shape index (κ3) is 6.15. The van der Waals surface area contributed by atoms with Crippen molar-refractivity contribution in [3.8, 4) is 0 Å². The first-order valence-electron chi connectivity index (χ1n) is 6.70. The molecule has 0 aliphatic carbocycles. The average molecular weight is 333 g/mol. The molecule has 1 N–H and O–H groups in total. The Balaban J connectivity index is 5.13. The Kier molecular flexibility index (Phi) is 6.77. The minimum Gasteiger partial charge on any atom is -0.444 e. The average Bonchev–Trinajstić information content (AvgIpc) is 2.29. The number of unbranched alkanes of at least 4 members (excludes halogenated alkanes) is 1. The monoisotopic (exact) mass is 333 g/mol. The van der Waals surface area contributed by atoms with Crippen molar-refractivity contribution < 1.29 is 36.3 Å². The van der Waals surface area contributed by atoms with Crippen LogP contribution in [-0.4, -0.2) is 35.6 Å². The summed E-state index contributed by atoms with van der Waals surface area (Å²) in [6.45, 7) is 6.12. The lowest BCUT2D eigenvalue weighted by atomic mass is 10.0. The van der Waals surface area contributed by atoms with Crippen molar-refractivity contribution in [2.45, 2.75) is 70.7 Å². The quantitative estimate of drug-likeness (QED) is 0.752. The zero-order valence-corrected chi connectivity index (χ0v) is 12.8. The summed E-state index contributed by atoms with van der Waals surface area (Å²) in [5, 5.41) is 1.80. The van der Waals surface area contributed by atoms with Crippen LogP contribution >= 0.6 is 0 Å². The van der Waals surface area contributed by atoms with Gasteiger partial charge in [-0.1, -0.05) is 19.8 Å². The Bertz CT molecular complexity index is 401. The van der Waals surface area contributed by atoms with E-state index in [9.17, 15) is 31.5 Å². The zero-order valence-electron chi connectivity index (χ0n) is 12.8. The molecule has 1 atom stereocenters.